The number of hydrogen-bond acceptors (Lipinski definition) is 7. The zero-order valence-electron chi connectivity index (χ0n) is 20.7. The van der Waals surface area contributed by atoms with E-state index in [4.69, 9.17) is 15.6 Å². The van der Waals surface area contributed by atoms with Crippen molar-refractivity contribution in [2.24, 2.45) is 5.92 Å². The molecule has 5 aromatic rings. The predicted molar refractivity (Wildman–Crippen MR) is 136 cm³/mol. The van der Waals surface area contributed by atoms with Crippen molar-refractivity contribution in [3.8, 4) is 17.0 Å². The maximum absolute atomic E-state index is 14.6. The normalized spacial score (nSPS) is 12.5. The second-order valence-corrected chi connectivity index (χ2v) is 9.19. The molecule has 3 aromatic heterocycles. The highest BCUT2D eigenvalue weighted by molar-refractivity contribution is 5.98. The molecule has 2 N–H and O–H groups in total. The monoisotopic (exact) mass is 505 g/mol. The Kier molecular flexibility index (Phi) is 6.06. The topological polar surface area (TPSA) is 114 Å². The second-order valence-electron chi connectivity index (χ2n) is 9.19. The maximum atomic E-state index is 14.6. The molecular weight excluding hydrogens is 480 g/mol. The van der Waals surface area contributed by atoms with E-state index in [1.165, 1.54) is 42.3 Å². The van der Waals surface area contributed by atoms with E-state index in [1.807, 2.05) is 20.8 Å². The molecule has 0 fully saturated rings. The van der Waals surface area contributed by atoms with Gasteiger partial charge < -0.3 is 10.5 Å². The van der Waals surface area contributed by atoms with Gasteiger partial charge >= 0.3 is 0 Å². The zero-order chi connectivity index (χ0) is 26.4. The van der Waals surface area contributed by atoms with Crippen LogP contribution in [-0.4, -0.2) is 36.4 Å². The molecule has 1 unspecified atom stereocenters. The van der Waals surface area contributed by atoms with Crippen molar-refractivity contribution in [3.63, 3.8) is 0 Å². The Labute approximate surface area is 210 Å². The number of benzene rings is 2. The molecule has 1 atom stereocenters. The zero-order valence-corrected chi connectivity index (χ0v) is 20.7. The van der Waals surface area contributed by atoms with E-state index in [1.54, 1.807) is 16.8 Å². The first-order valence-corrected chi connectivity index (χ1v) is 11.7. The Morgan fingerprint density at radius 3 is 2.54 bits per heavy atom. The number of nitrogen functional groups attached to an aromatic ring is 1. The highest BCUT2D eigenvalue weighted by atomic mass is 19.1. The van der Waals surface area contributed by atoms with E-state index in [0.717, 1.165) is 0 Å². The van der Waals surface area contributed by atoms with Crippen molar-refractivity contribution in [3.05, 3.63) is 70.5 Å². The summed E-state index contributed by atoms with van der Waals surface area (Å²) in [5.41, 5.74) is 7.19. The first-order valence-electron chi connectivity index (χ1n) is 11.7. The third-order valence-corrected chi connectivity index (χ3v) is 6.19. The van der Waals surface area contributed by atoms with Crippen LogP contribution < -0.4 is 16.0 Å². The first kappa shape index (κ1) is 24.3. The third-order valence-electron chi connectivity index (χ3n) is 6.19. The van der Waals surface area contributed by atoms with E-state index < -0.39 is 23.2 Å². The molecule has 2 aromatic carbocycles. The van der Waals surface area contributed by atoms with Gasteiger partial charge in [0.05, 0.1) is 18.0 Å². The summed E-state index contributed by atoms with van der Waals surface area (Å²) in [5.74, 6) is -0.459. The summed E-state index contributed by atoms with van der Waals surface area (Å²) in [5, 5.41) is 5.11. The van der Waals surface area contributed by atoms with Crippen molar-refractivity contribution in [2.75, 3.05) is 12.8 Å². The van der Waals surface area contributed by atoms with E-state index in [-0.39, 0.29) is 28.4 Å². The Morgan fingerprint density at radius 2 is 1.84 bits per heavy atom. The van der Waals surface area contributed by atoms with Crippen LogP contribution in [0.4, 0.5) is 14.6 Å². The van der Waals surface area contributed by atoms with Gasteiger partial charge in [0, 0.05) is 12.1 Å². The highest BCUT2D eigenvalue weighted by Gasteiger charge is 2.26. The molecular formula is C26H25F2N7O2. The smallest absolute Gasteiger partial charge is 0.264 e. The summed E-state index contributed by atoms with van der Waals surface area (Å²) >= 11 is 0. The SMILES string of the molecule is COc1ccc(-c2nn(C(C)c3nc4cccc(F)c4c(=O)n3CC(C)C)c3ncnc(N)c23)cc1F. The molecule has 0 aliphatic rings. The number of nitrogens with zero attached hydrogens (tertiary/aromatic N) is 6. The molecule has 0 radical (unpaired) electrons. The molecule has 3 heterocycles. The van der Waals surface area contributed by atoms with Gasteiger partial charge in [-0.3, -0.25) is 9.36 Å². The van der Waals surface area contributed by atoms with Crippen LogP contribution in [0.25, 0.3) is 33.2 Å². The van der Waals surface area contributed by atoms with Gasteiger partial charge in [-0.1, -0.05) is 19.9 Å². The molecule has 5 rings (SSSR count). The van der Waals surface area contributed by atoms with Crippen LogP contribution in [0.2, 0.25) is 0 Å². The van der Waals surface area contributed by atoms with Crippen LogP contribution in [0.1, 0.15) is 32.6 Å². The number of methoxy groups -OCH3 is 1. The Balaban J connectivity index is 1.77. The first-order chi connectivity index (χ1) is 17.7. The second kappa shape index (κ2) is 9.23. The summed E-state index contributed by atoms with van der Waals surface area (Å²) in [7, 11) is 1.38. The number of aromatic nitrogens is 6. The van der Waals surface area contributed by atoms with Gasteiger partial charge in [-0.05, 0) is 43.2 Å². The average molecular weight is 506 g/mol. The van der Waals surface area contributed by atoms with Crippen molar-refractivity contribution in [2.45, 2.75) is 33.4 Å². The lowest BCUT2D eigenvalue weighted by molar-refractivity contribution is 0.386. The van der Waals surface area contributed by atoms with Crippen molar-refractivity contribution in [1.29, 1.82) is 0 Å². The fourth-order valence-electron chi connectivity index (χ4n) is 4.49. The number of fused-ring (bicyclic) bond motifs is 2. The van der Waals surface area contributed by atoms with E-state index >= 15 is 0 Å². The molecule has 0 saturated carbocycles. The number of anilines is 1. The van der Waals surface area contributed by atoms with Gasteiger partial charge in [0.1, 0.15) is 40.9 Å². The van der Waals surface area contributed by atoms with Crippen LogP contribution >= 0.6 is 0 Å². The van der Waals surface area contributed by atoms with Crippen LogP contribution in [-0.2, 0) is 6.54 Å². The average Bonchev–Trinajstić information content (AvgIpc) is 3.26. The molecule has 190 valence electrons. The fourth-order valence-corrected chi connectivity index (χ4v) is 4.49. The number of halogens is 2. The predicted octanol–water partition coefficient (Wildman–Crippen LogP) is 4.34. The molecule has 37 heavy (non-hydrogen) atoms. The molecule has 0 saturated heterocycles. The van der Waals surface area contributed by atoms with Crippen molar-refractivity contribution in [1.82, 2.24) is 29.3 Å². The van der Waals surface area contributed by atoms with Crippen molar-refractivity contribution < 1.29 is 13.5 Å². The summed E-state index contributed by atoms with van der Waals surface area (Å²) < 4.78 is 37.3. The van der Waals surface area contributed by atoms with Gasteiger partial charge in [-0.25, -0.2) is 28.4 Å². The summed E-state index contributed by atoms with van der Waals surface area (Å²) in [6.45, 7) is 6.05. The molecule has 0 amide bonds. The lowest BCUT2D eigenvalue weighted by atomic mass is 10.1. The van der Waals surface area contributed by atoms with Gasteiger partial charge in [0.25, 0.3) is 5.56 Å². The number of nitrogens with two attached hydrogens (primary N) is 1. The van der Waals surface area contributed by atoms with Gasteiger partial charge in [0.15, 0.2) is 17.2 Å². The van der Waals surface area contributed by atoms with E-state index in [2.05, 4.69) is 15.0 Å². The highest BCUT2D eigenvalue weighted by Crippen LogP contribution is 2.34. The third kappa shape index (κ3) is 4.05. The van der Waals surface area contributed by atoms with Crippen LogP contribution in [0.3, 0.4) is 0 Å². The van der Waals surface area contributed by atoms with Crippen LogP contribution in [0, 0.1) is 17.6 Å². The number of ether oxygens (including phenoxy) is 1. The molecule has 0 aliphatic carbocycles. The Morgan fingerprint density at radius 1 is 1.05 bits per heavy atom. The molecule has 0 bridgehead atoms. The fraction of sp³-hybridized carbons (Fsp3) is 0.269. The van der Waals surface area contributed by atoms with Crippen LogP contribution in [0.5, 0.6) is 5.75 Å². The summed E-state index contributed by atoms with van der Waals surface area (Å²) in [4.78, 5) is 26.6. The van der Waals surface area contributed by atoms with E-state index in [0.29, 0.717) is 34.7 Å². The lowest BCUT2D eigenvalue weighted by Crippen LogP contribution is -2.30. The number of hydrogen-bond donors (Lipinski definition) is 1. The van der Waals surface area contributed by atoms with Gasteiger partial charge in [-0.15, -0.1) is 0 Å². The summed E-state index contributed by atoms with van der Waals surface area (Å²) in [6, 6.07) is 8.20. The minimum Gasteiger partial charge on any atom is -0.494 e. The standard InChI is InChI=1S/C26H25F2N7O2/c1-13(2)11-34-24(32-18-7-5-6-16(27)20(18)26(34)36)14(3)35-25-21(23(29)30-12-31-25)22(33-35)15-8-9-19(37-4)17(28)10-15/h5-10,12-14H,11H2,1-4H3,(H2,29,30,31). The minimum atomic E-state index is -0.624. The quantitative estimate of drug-likeness (QED) is 0.365. The van der Waals surface area contributed by atoms with Crippen molar-refractivity contribution >= 4 is 27.8 Å². The largest absolute Gasteiger partial charge is 0.494 e. The summed E-state index contributed by atoms with van der Waals surface area (Å²) in [6.07, 6.45) is 1.31. The van der Waals surface area contributed by atoms with Crippen LogP contribution in [0.15, 0.2) is 47.5 Å². The molecule has 0 aliphatic heterocycles. The lowest BCUT2D eigenvalue weighted by Gasteiger charge is -2.20. The van der Waals surface area contributed by atoms with E-state index in [9.17, 15) is 13.6 Å². The molecule has 0 spiro atoms. The number of rotatable bonds is 6. The Hall–Kier alpha value is -4.41. The van der Waals surface area contributed by atoms with Gasteiger partial charge in [-0.2, -0.15) is 5.10 Å². The minimum absolute atomic E-state index is 0.0645. The molecule has 9 nitrogen and oxygen atoms in total. The molecule has 11 heteroatoms. The Bertz CT molecular complexity index is 1710. The maximum Gasteiger partial charge on any atom is 0.264 e. The van der Waals surface area contributed by atoms with Gasteiger partial charge in [0.2, 0.25) is 0 Å².